The molecular weight excluding hydrogens is 511 g/mol. The number of nitro groups is 1. The van der Waals surface area contributed by atoms with Crippen LogP contribution >= 0.6 is 23.1 Å². The number of halogens is 1. The number of benzene rings is 2. The van der Waals surface area contributed by atoms with Crippen LogP contribution in [0.4, 0.5) is 21.9 Å². The monoisotopic (exact) mass is 528 g/mol. The van der Waals surface area contributed by atoms with E-state index in [1.807, 2.05) is 37.4 Å². The molecule has 0 aliphatic rings. The number of nitrogens with one attached hydrogen (secondary N) is 2. The number of thioether (sulfide) groups is 1. The zero-order valence-corrected chi connectivity index (χ0v) is 18.8. The van der Waals surface area contributed by atoms with Gasteiger partial charge < -0.3 is 34.6 Å². The van der Waals surface area contributed by atoms with Crippen LogP contribution in [0.5, 0.6) is 0 Å². The molecule has 0 fully saturated rings. The van der Waals surface area contributed by atoms with Crippen molar-refractivity contribution in [3.63, 3.8) is 0 Å². The largest absolute Gasteiger partial charge is 1.00 e. The number of aryl methyl sites for hydroxylation is 1. The van der Waals surface area contributed by atoms with Crippen molar-refractivity contribution in [2.45, 2.75) is 11.3 Å². The van der Waals surface area contributed by atoms with Gasteiger partial charge in [0.2, 0.25) is 5.69 Å². The summed E-state index contributed by atoms with van der Waals surface area (Å²) in [5.41, 5.74) is 3.06. The smallest absolute Gasteiger partial charge is 0.323 e. The number of thiazole rings is 1. The second-order valence-corrected chi connectivity index (χ2v) is 7.49. The Morgan fingerprint density at radius 2 is 1.82 bits per heavy atom. The van der Waals surface area contributed by atoms with E-state index < -0.39 is 11.0 Å². The number of para-hydroxylation sites is 2. The number of hydrogen-bond donors (Lipinski definition) is 2. The topological polar surface area (TPSA) is 88.2 Å². The maximum atomic E-state index is 12.4. The quantitative estimate of drug-likeness (QED) is 0.173. The number of nitrogens with zero attached hydrogens (tertiary/aromatic N) is 2. The predicted molar refractivity (Wildman–Crippen MR) is 108 cm³/mol. The second kappa shape index (κ2) is 9.85. The Labute approximate surface area is 187 Å². The minimum atomic E-state index is -0.482. The molecule has 0 saturated carbocycles. The highest BCUT2D eigenvalue weighted by atomic mass is 127. The van der Waals surface area contributed by atoms with Crippen molar-refractivity contribution in [2.24, 2.45) is 0 Å². The average Bonchev–Trinajstić information content (AvgIpc) is 3.03. The van der Waals surface area contributed by atoms with Crippen molar-refractivity contribution in [2.75, 3.05) is 16.9 Å². The van der Waals surface area contributed by atoms with Crippen LogP contribution in [0.3, 0.4) is 0 Å². The number of urea groups is 1. The van der Waals surface area contributed by atoms with Crippen LogP contribution in [0.2, 0.25) is 0 Å². The normalized spacial score (nSPS) is 10.1. The number of rotatable bonds is 5. The molecular formula is C18H17IN4O3S2. The number of nitro benzene ring substituents is 1. The van der Waals surface area contributed by atoms with Gasteiger partial charge in [0.1, 0.15) is 5.69 Å². The molecule has 0 unspecified atom stereocenters. The maximum absolute atomic E-state index is 12.4. The summed E-state index contributed by atoms with van der Waals surface area (Å²) in [5, 5.41) is 18.3. The van der Waals surface area contributed by atoms with E-state index in [0.29, 0.717) is 11.4 Å². The molecule has 0 saturated heterocycles. The van der Waals surface area contributed by atoms with Crippen molar-refractivity contribution >= 4 is 46.2 Å². The Balaban J connectivity index is 0.00000280. The van der Waals surface area contributed by atoms with Gasteiger partial charge in [-0.2, -0.15) is 0 Å². The molecule has 3 aromatic rings. The molecule has 2 N–H and O–H groups in total. The first-order valence-corrected chi connectivity index (χ1v) is 10.1. The van der Waals surface area contributed by atoms with E-state index >= 15 is 0 Å². The molecule has 10 heteroatoms. The minimum absolute atomic E-state index is 0. The van der Waals surface area contributed by atoms with E-state index in [2.05, 4.69) is 20.6 Å². The molecule has 0 spiro atoms. The third-order valence-electron chi connectivity index (χ3n) is 3.77. The van der Waals surface area contributed by atoms with Crippen molar-refractivity contribution in [3.8, 4) is 5.69 Å². The molecule has 0 radical (unpaired) electrons. The highest BCUT2D eigenvalue weighted by molar-refractivity contribution is 8.00. The number of hydrogen-bond acceptors (Lipinski definition) is 5. The predicted octanol–water partition coefficient (Wildman–Crippen LogP) is 1.61. The molecule has 2 aromatic carbocycles. The third kappa shape index (κ3) is 5.00. The van der Waals surface area contributed by atoms with Gasteiger partial charge in [0.05, 0.1) is 10.3 Å². The zero-order valence-electron chi connectivity index (χ0n) is 15.0. The highest BCUT2D eigenvalue weighted by Gasteiger charge is 2.23. The lowest BCUT2D eigenvalue weighted by Gasteiger charge is -2.09. The fraction of sp³-hybridized carbons (Fsp3) is 0.111. The van der Waals surface area contributed by atoms with Gasteiger partial charge in [-0.15, -0.1) is 4.57 Å². The van der Waals surface area contributed by atoms with Crippen molar-refractivity contribution in [3.05, 3.63) is 69.7 Å². The molecule has 28 heavy (non-hydrogen) atoms. The van der Waals surface area contributed by atoms with Crippen LogP contribution < -0.4 is 39.2 Å². The van der Waals surface area contributed by atoms with Crippen LogP contribution in [-0.4, -0.2) is 17.2 Å². The molecule has 3 rings (SSSR count). The van der Waals surface area contributed by atoms with E-state index in [-0.39, 0.29) is 29.7 Å². The summed E-state index contributed by atoms with van der Waals surface area (Å²) in [4.78, 5) is 22.6. The molecule has 0 atom stereocenters. The van der Waals surface area contributed by atoms with Crippen molar-refractivity contribution < 1.29 is 38.3 Å². The third-order valence-corrected chi connectivity index (χ3v) is 5.93. The summed E-state index contributed by atoms with van der Waals surface area (Å²) in [5.74, 6) is 0. The van der Waals surface area contributed by atoms with Crippen LogP contribution in [0.15, 0.2) is 58.3 Å². The van der Waals surface area contributed by atoms with Crippen LogP contribution in [0.25, 0.3) is 5.69 Å². The van der Waals surface area contributed by atoms with Gasteiger partial charge in [-0.1, -0.05) is 23.5 Å². The van der Waals surface area contributed by atoms with Gasteiger partial charge in [-0.05, 0) is 36.2 Å². The molecule has 1 aromatic heterocycles. The zero-order chi connectivity index (χ0) is 19.4. The standard InChI is InChI=1S/C18H16N4O3S2.HI/c1-12-11-27-18(26-2)21(12)16-6-4-3-5-15(16)20-17(23)19-13-7-9-14(10-8-13)22(24)25;/h3-11H,1-2H3,(H-,19,20,23);1H. The minimum Gasteiger partial charge on any atom is -1.00 e. The molecule has 2 amide bonds. The fourth-order valence-electron chi connectivity index (χ4n) is 2.54. The first-order valence-electron chi connectivity index (χ1n) is 7.95. The summed E-state index contributed by atoms with van der Waals surface area (Å²) in [6.45, 7) is 2.02. The molecule has 146 valence electrons. The van der Waals surface area contributed by atoms with E-state index in [0.717, 1.165) is 15.7 Å². The summed E-state index contributed by atoms with van der Waals surface area (Å²) in [6, 6.07) is 12.8. The number of anilines is 2. The number of aromatic nitrogens is 1. The first-order chi connectivity index (χ1) is 13.0. The first kappa shape index (κ1) is 22.1. The van der Waals surface area contributed by atoms with Crippen molar-refractivity contribution in [1.82, 2.24) is 0 Å². The Morgan fingerprint density at radius 1 is 1.14 bits per heavy atom. The maximum Gasteiger partial charge on any atom is 0.323 e. The van der Waals surface area contributed by atoms with Crippen molar-refractivity contribution in [1.29, 1.82) is 0 Å². The van der Waals surface area contributed by atoms with Gasteiger partial charge >= 0.3 is 10.4 Å². The number of non-ortho nitro benzene ring substituents is 1. The fourth-order valence-corrected chi connectivity index (χ4v) is 4.22. The summed E-state index contributed by atoms with van der Waals surface area (Å²) >= 11 is 3.29. The number of carbonyl (C=O) groups excluding carboxylic acids is 1. The molecule has 0 aliphatic carbocycles. The van der Waals surface area contributed by atoms with Crippen LogP contribution in [0, 0.1) is 17.0 Å². The van der Waals surface area contributed by atoms with Gasteiger partial charge in [-0.3, -0.25) is 10.1 Å². The average molecular weight is 528 g/mol. The number of amides is 2. The van der Waals surface area contributed by atoms with Gasteiger partial charge in [-0.25, -0.2) is 4.79 Å². The SMILES string of the molecule is CSc1scc(C)[n+]1-c1ccccc1NC(=O)Nc1ccc([N+](=O)[O-])cc1.[I-]. The summed E-state index contributed by atoms with van der Waals surface area (Å²) in [7, 11) is 0. The lowest BCUT2D eigenvalue weighted by Crippen LogP contribution is -3.00. The van der Waals surface area contributed by atoms with E-state index in [4.69, 9.17) is 0 Å². The molecule has 0 aliphatic heterocycles. The Bertz CT molecular complexity index is 993. The van der Waals surface area contributed by atoms with Gasteiger partial charge in [0.15, 0.2) is 5.69 Å². The van der Waals surface area contributed by atoms with Gasteiger partial charge in [0, 0.05) is 30.8 Å². The van der Waals surface area contributed by atoms with E-state index in [1.54, 1.807) is 23.1 Å². The lowest BCUT2D eigenvalue weighted by molar-refractivity contribution is -0.634. The molecule has 1 heterocycles. The van der Waals surface area contributed by atoms with Gasteiger partial charge in [0.25, 0.3) is 5.69 Å². The molecule has 0 bridgehead atoms. The van der Waals surface area contributed by atoms with Crippen LogP contribution in [0.1, 0.15) is 5.69 Å². The summed E-state index contributed by atoms with van der Waals surface area (Å²) < 4.78 is 3.20. The highest BCUT2D eigenvalue weighted by Crippen LogP contribution is 2.24. The lowest BCUT2D eigenvalue weighted by atomic mass is 10.2. The van der Waals surface area contributed by atoms with Crippen LogP contribution in [-0.2, 0) is 0 Å². The summed E-state index contributed by atoms with van der Waals surface area (Å²) in [6.07, 6.45) is 2.01. The Morgan fingerprint density at radius 3 is 2.46 bits per heavy atom. The second-order valence-electron chi connectivity index (χ2n) is 5.58. The Hall–Kier alpha value is -2.18. The number of carbonyl (C=O) groups is 1. The van der Waals surface area contributed by atoms with E-state index in [1.165, 1.54) is 24.3 Å². The Kier molecular flexibility index (Phi) is 7.78. The van der Waals surface area contributed by atoms with E-state index in [9.17, 15) is 14.9 Å². The molecule has 7 nitrogen and oxygen atoms in total.